The third-order valence-corrected chi connectivity index (χ3v) is 6.01. The van der Waals surface area contributed by atoms with Gasteiger partial charge < -0.3 is 19.5 Å². The minimum atomic E-state index is -0.251. The van der Waals surface area contributed by atoms with E-state index in [-0.39, 0.29) is 6.04 Å². The van der Waals surface area contributed by atoms with Gasteiger partial charge in [0.2, 0.25) is 5.95 Å². The zero-order valence-corrected chi connectivity index (χ0v) is 20.2. The number of aromatic nitrogens is 4. The lowest BCUT2D eigenvalue weighted by molar-refractivity contribution is 0.211. The minimum Gasteiger partial charge on any atom is -0.493 e. The third-order valence-electron chi connectivity index (χ3n) is 5.45. The van der Waals surface area contributed by atoms with Crippen LogP contribution in [0.3, 0.4) is 0 Å². The molecular weight excluding hydrogens is 489 g/mol. The topological polar surface area (TPSA) is 83.3 Å². The van der Waals surface area contributed by atoms with Gasteiger partial charge in [-0.15, -0.1) is 0 Å². The van der Waals surface area contributed by atoms with Crippen molar-refractivity contribution in [2.75, 3.05) is 25.6 Å². The molecule has 35 heavy (non-hydrogen) atoms. The lowest BCUT2D eigenvalue weighted by atomic mass is 10.0. The van der Waals surface area contributed by atoms with Crippen molar-refractivity contribution in [1.29, 1.82) is 0 Å². The highest BCUT2D eigenvalue weighted by Gasteiger charge is 2.25. The average Bonchev–Trinajstić information content (AvgIpc) is 3.36. The first kappa shape index (κ1) is 23.0. The molecule has 0 spiro atoms. The van der Waals surface area contributed by atoms with Gasteiger partial charge in [-0.1, -0.05) is 58.6 Å². The van der Waals surface area contributed by atoms with Gasteiger partial charge in [-0.25, -0.2) is 0 Å². The van der Waals surface area contributed by atoms with E-state index in [1.54, 1.807) is 17.9 Å². The SMILES string of the molecule is COc1cc(C2C=C(c3ccc(Cl)cc3)Nc3nnnn32)ccc1OCCOc1ccccc1Cl. The molecule has 4 aromatic rings. The van der Waals surface area contributed by atoms with Crippen LogP contribution in [0.5, 0.6) is 17.2 Å². The molecule has 8 nitrogen and oxygen atoms in total. The van der Waals surface area contributed by atoms with Crippen LogP contribution in [0.4, 0.5) is 5.95 Å². The standard InChI is InChI=1S/C25H21Cl2N5O3/c1-33-24-14-17(8-11-23(24)35-13-12-34-22-5-3-2-4-19(22)27)21-15-20(16-6-9-18(26)10-7-16)28-25-29-30-31-32(21)25/h2-11,14-15,21H,12-13H2,1H3,(H,28,29,31). The molecule has 1 aromatic heterocycles. The summed E-state index contributed by atoms with van der Waals surface area (Å²) in [6.45, 7) is 0.663. The lowest BCUT2D eigenvalue weighted by Gasteiger charge is -2.24. The summed E-state index contributed by atoms with van der Waals surface area (Å²) in [5.74, 6) is 2.35. The smallest absolute Gasteiger partial charge is 0.248 e. The Bertz CT molecular complexity index is 1360. The zero-order valence-electron chi connectivity index (χ0n) is 18.7. The molecule has 1 atom stereocenters. The maximum Gasteiger partial charge on any atom is 0.248 e. The van der Waals surface area contributed by atoms with Crippen molar-refractivity contribution in [3.63, 3.8) is 0 Å². The van der Waals surface area contributed by atoms with E-state index >= 15 is 0 Å². The highest BCUT2D eigenvalue weighted by molar-refractivity contribution is 6.32. The normalized spacial score (nSPS) is 14.5. The Morgan fingerprint density at radius 2 is 1.69 bits per heavy atom. The zero-order chi connectivity index (χ0) is 24.2. The molecule has 0 saturated heterocycles. The molecule has 0 radical (unpaired) electrons. The fourth-order valence-electron chi connectivity index (χ4n) is 3.74. The molecule has 1 aliphatic rings. The van der Waals surface area contributed by atoms with Crippen molar-refractivity contribution in [1.82, 2.24) is 20.2 Å². The molecule has 0 bridgehead atoms. The van der Waals surface area contributed by atoms with Gasteiger partial charge in [0, 0.05) is 10.7 Å². The summed E-state index contributed by atoms with van der Waals surface area (Å²) in [6, 6.07) is 20.4. The van der Waals surface area contributed by atoms with Crippen LogP contribution in [0.1, 0.15) is 17.2 Å². The summed E-state index contributed by atoms with van der Waals surface area (Å²) < 4.78 is 18.9. The van der Waals surface area contributed by atoms with Gasteiger partial charge in [0.15, 0.2) is 11.5 Å². The largest absolute Gasteiger partial charge is 0.493 e. The number of tetrazole rings is 1. The number of methoxy groups -OCH3 is 1. The summed E-state index contributed by atoms with van der Waals surface area (Å²) in [6.07, 6.45) is 2.05. The predicted molar refractivity (Wildman–Crippen MR) is 134 cm³/mol. The highest BCUT2D eigenvalue weighted by atomic mass is 35.5. The van der Waals surface area contributed by atoms with Gasteiger partial charge in [-0.05, 0) is 64.0 Å². The Morgan fingerprint density at radius 1 is 0.914 bits per heavy atom. The van der Waals surface area contributed by atoms with Crippen molar-refractivity contribution in [3.05, 3.63) is 94.0 Å². The van der Waals surface area contributed by atoms with Crippen molar-refractivity contribution >= 4 is 34.8 Å². The second kappa shape index (κ2) is 10.2. The maximum atomic E-state index is 6.13. The molecule has 3 aromatic carbocycles. The summed E-state index contributed by atoms with van der Waals surface area (Å²) >= 11 is 12.2. The number of anilines is 1. The Kier molecular flexibility index (Phi) is 6.74. The molecule has 0 amide bonds. The lowest BCUT2D eigenvalue weighted by Crippen LogP contribution is -2.20. The van der Waals surface area contributed by atoms with Crippen LogP contribution in [0.2, 0.25) is 10.0 Å². The number of hydrogen-bond acceptors (Lipinski definition) is 7. The quantitative estimate of drug-likeness (QED) is 0.314. The van der Waals surface area contributed by atoms with Crippen molar-refractivity contribution < 1.29 is 14.2 Å². The molecule has 1 unspecified atom stereocenters. The second-order valence-corrected chi connectivity index (χ2v) is 8.49. The molecule has 0 saturated carbocycles. The summed E-state index contributed by atoms with van der Waals surface area (Å²) in [7, 11) is 1.60. The summed E-state index contributed by atoms with van der Waals surface area (Å²) in [5.41, 5.74) is 2.78. The van der Waals surface area contributed by atoms with E-state index in [1.807, 2.05) is 60.7 Å². The van der Waals surface area contributed by atoms with Gasteiger partial charge >= 0.3 is 0 Å². The molecule has 0 aliphatic carbocycles. The minimum absolute atomic E-state index is 0.251. The first-order chi connectivity index (χ1) is 17.1. The summed E-state index contributed by atoms with van der Waals surface area (Å²) in [4.78, 5) is 0. The number of rotatable bonds is 8. The molecule has 1 aliphatic heterocycles. The highest BCUT2D eigenvalue weighted by Crippen LogP contribution is 2.36. The maximum absolute atomic E-state index is 6.13. The van der Waals surface area contributed by atoms with E-state index in [1.165, 1.54) is 0 Å². The monoisotopic (exact) mass is 509 g/mol. The van der Waals surface area contributed by atoms with Gasteiger partial charge in [0.1, 0.15) is 25.0 Å². The average molecular weight is 510 g/mol. The van der Waals surface area contributed by atoms with Crippen LogP contribution in [0.15, 0.2) is 72.8 Å². The number of benzene rings is 3. The molecule has 0 fully saturated rings. The first-order valence-electron chi connectivity index (χ1n) is 10.8. The van der Waals surface area contributed by atoms with E-state index in [2.05, 4.69) is 26.9 Å². The number of para-hydroxylation sites is 1. The number of fused-ring (bicyclic) bond motifs is 1. The molecule has 1 N–H and O–H groups in total. The van der Waals surface area contributed by atoms with Gasteiger partial charge in [-0.2, -0.15) is 4.68 Å². The Balaban J connectivity index is 1.34. The van der Waals surface area contributed by atoms with E-state index in [9.17, 15) is 0 Å². The summed E-state index contributed by atoms with van der Waals surface area (Å²) in [5, 5.41) is 16.6. The number of allylic oxidation sites excluding steroid dienone is 1. The van der Waals surface area contributed by atoms with E-state index in [0.717, 1.165) is 16.8 Å². The molecule has 10 heteroatoms. The second-order valence-electron chi connectivity index (χ2n) is 7.64. The van der Waals surface area contributed by atoms with Crippen LogP contribution < -0.4 is 19.5 Å². The van der Waals surface area contributed by atoms with E-state index < -0.39 is 0 Å². The first-order valence-corrected chi connectivity index (χ1v) is 11.6. The number of ether oxygens (including phenoxy) is 3. The van der Waals surface area contributed by atoms with Crippen LogP contribution in [0, 0.1) is 0 Å². The number of hydrogen-bond donors (Lipinski definition) is 1. The number of halogens is 2. The number of nitrogens with one attached hydrogen (secondary N) is 1. The van der Waals surface area contributed by atoms with Crippen molar-refractivity contribution in [2.45, 2.75) is 6.04 Å². The van der Waals surface area contributed by atoms with Crippen molar-refractivity contribution in [3.8, 4) is 17.2 Å². The van der Waals surface area contributed by atoms with Crippen molar-refractivity contribution in [2.24, 2.45) is 0 Å². The third kappa shape index (κ3) is 5.03. The number of nitrogens with zero attached hydrogens (tertiary/aromatic N) is 4. The Morgan fingerprint density at radius 3 is 2.46 bits per heavy atom. The molecule has 5 rings (SSSR count). The van der Waals surface area contributed by atoms with Crippen LogP contribution >= 0.6 is 23.2 Å². The fourth-order valence-corrected chi connectivity index (χ4v) is 4.06. The van der Waals surface area contributed by atoms with Crippen LogP contribution in [-0.2, 0) is 0 Å². The predicted octanol–water partition coefficient (Wildman–Crippen LogP) is 5.50. The molecule has 178 valence electrons. The van der Waals surface area contributed by atoms with E-state index in [0.29, 0.717) is 46.5 Å². The fraction of sp³-hybridized carbons (Fsp3) is 0.160. The Labute approximate surface area is 212 Å². The van der Waals surface area contributed by atoms with Crippen LogP contribution in [-0.4, -0.2) is 40.5 Å². The molecular formula is C25H21Cl2N5O3. The van der Waals surface area contributed by atoms with Gasteiger partial charge in [0.25, 0.3) is 0 Å². The Hall–Kier alpha value is -3.75. The van der Waals surface area contributed by atoms with Gasteiger partial charge in [0.05, 0.1) is 12.1 Å². The van der Waals surface area contributed by atoms with Crippen LogP contribution in [0.25, 0.3) is 5.70 Å². The van der Waals surface area contributed by atoms with Gasteiger partial charge in [-0.3, -0.25) is 0 Å². The molecule has 2 heterocycles. The van der Waals surface area contributed by atoms with E-state index in [4.69, 9.17) is 37.4 Å².